The number of hydrogen-bond acceptors (Lipinski definition) is 2. The molecule has 0 aliphatic carbocycles. The van der Waals surface area contributed by atoms with E-state index in [1.807, 2.05) is 0 Å². The fourth-order valence-electron chi connectivity index (χ4n) is 1.70. The minimum atomic E-state index is -4.60. The highest BCUT2D eigenvalue weighted by atomic mass is 35.5. The van der Waals surface area contributed by atoms with Crippen LogP contribution in [0.2, 0.25) is 5.02 Å². The summed E-state index contributed by atoms with van der Waals surface area (Å²) >= 11 is 5.72. The van der Waals surface area contributed by atoms with Gasteiger partial charge in [0.15, 0.2) is 0 Å². The molecule has 0 bridgehead atoms. The van der Waals surface area contributed by atoms with Gasteiger partial charge in [-0.25, -0.2) is 0 Å². The number of alkyl halides is 3. The zero-order chi connectivity index (χ0) is 15.5. The van der Waals surface area contributed by atoms with Crippen LogP contribution in [0.15, 0.2) is 42.7 Å². The van der Waals surface area contributed by atoms with Crippen molar-refractivity contribution in [3.63, 3.8) is 0 Å². The van der Waals surface area contributed by atoms with Crippen LogP contribution < -0.4 is 5.32 Å². The molecule has 2 rings (SSSR count). The molecule has 0 aliphatic rings. The molecule has 0 spiro atoms. The van der Waals surface area contributed by atoms with Crippen LogP contribution in [0, 0.1) is 0 Å². The predicted molar refractivity (Wildman–Crippen MR) is 71.9 cm³/mol. The van der Waals surface area contributed by atoms with Crippen molar-refractivity contribution in [2.24, 2.45) is 0 Å². The van der Waals surface area contributed by atoms with Gasteiger partial charge in [-0.15, -0.1) is 0 Å². The largest absolute Gasteiger partial charge is 0.417 e. The van der Waals surface area contributed by atoms with Gasteiger partial charge in [0, 0.05) is 24.0 Å². The number of hydrogen-bond donors (Lipinski definition) is 1. The van der Waals surface area contributed by atoms with Crippen LogP contribution in [0.25, 0.3) is 0 Å². The van der Waals surface area contributed by atoms with Gasteiger partial charge in [0.25, 0.3) is 5.91 Å². The van der Waals surface area contributed by atoms with Crippen molar-refractivity contribution in [3.8, 4) is 0 Å². The third kappa shape index (κ3) is 3.95. The van der Waals surface area contributed by atoms with Crippen LogP contribution in [0.3, 0.4) is 0 Å². The molecule has 1 N–H and O–H groups in total. The summed E-state index contributed by atoms with van der Waals surface area (Å²) in [6.45, 7) is 0.0994. The molecular formula is C14H10ClF3N2O. The Morgan fingerprint density at radius 2 is 1.86 bits per heavy atom. The number of carbonyl (C=O) groups excluding carboxylic acids is 1. The molecule has 7 heteroatoms. The third-order valence-electron chi connectivity index (χ3n) is 2.74. The molecule has 0 saturated carbocycles. The number of carbonyl (C=O) groups is 1. The zero-order valence-corrected chi connectivity index (χ0v) is 11.4. The average molecular weight is 315 g/mol. The normalized spacial score (nSPS) is 11.2. The second kappa shape index (κ2) is 6.13. The third-order valence-corrected chi connectivity index (χ3v) is 2.99. The van der Waals surface area contributed by atoms with Gasteiger partial charge in [-0.05, 0) is 23.8 Å². The van der Waals surface area contributed by atoms with E-state index >= 15 is 0 Å². The Kier molecular flexibility index (Phi) is 4.47. The van der Waals surface area contributed by atoms with Gasteiger partial charge in [-0.2, -0.15) is 13.2 Å². The molecule has 0 radical (unpaired) electrons. The van der Waals surface area contributed by atoms with E-state index in [0.717, 1.165) is 24.0 Å². The van der Waals surface area contributed by atoms with Gasteiger partial charge < -0.3 is 5.32 Å². The molecule has 110 valence electrons. The van der Waals surface area contributed by atoms with Gasteiger partial charge in [0.2, 0.25) is 0 Å². The van der Waals surface area contributed by atoms with Crippen LogP contribution in [0.5, 0.6) is 0 Å². The van der Waals surface area contributed by atoms with Gasteiger partial charge >= 0.3 is 6.18 Å². The first-order valence-corrected chi connectivity index (χ1v) is 6.29. The first kappa shape index (κ1) is 15.3. The number of aromatic nitrogens is 1. The van der Waals surface area contributed by atoms with Crippen molar-refractivity contribution in [2.45, 2.75) is 12.7 Å². The Labute approximate surface area is 123 Å². The van der Waals surface area contributed by atoms with E-state index in [1.54, 1.807) is 24.3 Å². The summed E-state index contributed by atoms with van der Waals surface area (Å²) in [6, 6.07) is 7.40. The summed E-state index contributed by atoms with van der Waals surface area (Å²) in [4.78, 5) is 15.4. The smallest absolute Gasteiger partial charge is 0.348 e. The highest BCUT2D eigenvalue weighted by Gasteiger charge is 2.35. The van der Waals surface area contributed by atoms with Crippen molar-refractivity contribution in [3.05, 3.63) is 64.4 Å². The number of pyridine rings is 1. The van der Waals surface area contributed by atoms with Crippen LogP contribution in [0.1, 0.15) is 21.5 Å². The lowest BCUT2D eigenvalue weighted by molar-refractivity contribution is -0.138. The quantitative estimate of drug-likeness (QED) is 0.939. The summed E-state index contributed by atoms with van der Waals surface area (Å²) < 4.78 is 38.4. The molecule has 1 amide bonds. The molecule has 0 fully saturated rings. The van der Waals surface area contributed by atoms with Crippen molar-refractivity contribution < 1.29 is 18.0 Å². The second-order valence-electron chi connectivity index (χ2n) is 4.23. The molecule has 21 heavy (non-hydrogen) atoms. The van der Waals surface area contributed by atoms with Crippen molar-refractivity contribution in [1.82, 2.24) is 10.3 Å². The first-order chi connectivity index (χ1) is 9.88. The summed E-state index contributed by atoms with van der Waals surface area (Å²) in [5, 5.41) is 2.96. The van der Waals surface area contributed by atoms with Crippen molar-refractivity contribution in [1.29, 1.82) is 0 Å². The number of benzene rings is 1. The summed E-state index contributed by atoms with van der Waals surface area (Å²) in [5.41, 5.74) is -0.782. The topological polar surface area (TPSA) is 42.0 Å². The fourth-order valence-corrected chi connectivity index (χ4v) is 1.83. The fraction of sp³-hybridized carbons (Fsp3) is 0.143. The average Bonchev–Trinajstić information content (AvgIpc) is 2.45. The summed E-state index contributed by atoms with van der Waals surface area (Å²) in [6.07, 6.45) is -2.70. The van der Waals surface area contributed by atoms with E-state index < -0.39 is 23.2 Å². The van der Waals surface area contributed by atoms with Gasteiger partial charge in [0.05, 0.1) is 11.1 Å². The molecule has 0 saturated heterocycles. The van der Waals surface area contributed by atoms with E-state index in [2.05, 4.69) is 10.3 Å². The Morgan fingerprint density at radius 3 is 2.48 bits per heavy atom. The molecule has 0 aliphatic heterocycles. The second-order valence-corrected chi connectivity index (χ2v) is 4.66. The SMILES string of the molecule is O=C(NCc1ccc(Cl)cc1)c1cnccc1C(F)(F)F. The zero-order valence-electron chi connectivity index (χ0n) is 10.6. The molecule has 0 atom stereocenters. The molecule has 0 unspecified atom stereocenters. The summed E-state index contributed by atoms with van der Waals surface area (Å²) in [5.74, 6) is -0.828. The minimum Gasteiger partial charge on any atom is -0.348 e. The lowest BCUT2D eigenvalue weighted by atomic mass is 10.1. The Balaban J connectivity index is 2.12. The lowest BCUT2D eigenvalue weighted by Gasteiger charge is -2.12. The van der Waals surface area contributed by atoms with Crippen LogP contribution in [-0.2, 0) is 12.7 Å². The number of nitrogens with zero attached hydrogens (tertiary/aromatic N) is 1. The first-order valence-electron chi connectivity index (χ1n) is 5.92. The van der Waals surface area contributed by atoms with Gasteiger partial charge in [0.1, 0.15) is 0 Å². The highest BCUT2D eigenvalue weighted by Crippen LogP contribution is 2.31. The van der Waals surface area contributed by atoms with E-state index in [9.17, 15) is 18.0 Å². The molecule has 1 aromatic carbocycles. The number of amides is 1. The van der Waals surface area contributed by atoms with Crippen LogP contribution in [-0.4, -0.2) is 10.9 Å². The summed E-state index contributed by atoms with van der Waals surface area (Å²) in [7, 11) is 0. The highest BCUT2D eigenvalue weighted by molar-refractivity contribution is 6.30. The lowest BCUT2D eigenvalue weighted by Crippen LogP contribution is -2.26. The number of halogens is 4. The maximum Gasteiger partial charge on any atom is 0.417 e. The molecule has 1 aromatic heterocycles. The standard InChI is InChI=1S/C14H10ClF3N2O/c15-10-3-1-9(2-4-10)7-20-13(21)11-8-19-6-5-12(11)14(16,17)18/h1-6,8H,7H2,(H,20,21). The number of rotatable bonds is 3. The Hall–Kier alpha value is -2.08. The van der Waals surface area contributed by atoms with E-state index in [1.165, 1.54) is 0 Å². The maximum atomic E-state index is 12.8. The van der Waals surface area contributed by atoms with E-state index in [-0.39, 0.29) is 6.54 Å². The van der Waals surface area contributed by atoms with Gasteiger partial charge in [-0.3, -0.25) is 9.78 Å². The molecular weight excluding hydrogens is 305 g/mol. The predicted octanol–water partition coefficient (Wildman–Crippen LogP) is 3.68. The minimum absolute atomic E-state index is 0.0994. The van der Waals surface area contributed by atoms with Crippen LogP contribution in [0.4, 0.5) is 13.2 Å². The maximum absolute atomic E-state index is 12.8. The van der Waals surface area contributed by atoms with Gasteiger partial charge in [-0.1, -0.05) is 23.7 Å². The molecule has 3 nitrogen and oxygen atoms in total. The monoisotopic (exact) mass is 314 g/mol. The molecule has 2 aromatic rings. The molecule has 1 heterocycles. The van der Waals surface area contributed by atoms with E-state index in [0.29, 0.717) is 5.02 Å². The Bertz CT molecular complexity index is 641. The van der Waals surface area contributed by atoms with Crippen molar-refractivity contribution in [2.75, 3.05) is 0 Å². The van der Waals surface area contributed by atoms with Crippen molar-refractivity contribution >= 4 is 17.5 Å². The Morgan fingerprint density at radius 1 is 1.19 bits per heavy atom. The van der Waals surface area contributed by atoms with Crippen LogP contribution >= 0.6 is 11.6 Å². The number of nitrogens with one attached hydrogen (secondary N) is 1. The van der Waals surface area contributed by atoms with E-state index in [4.69, 9.17) is 11.6 Å².